The van der Waals surface area contributed by atoms with E-state index in [9.17, 15) is 4.39 Å². The van der Waals surface area contributed by atoms with Crippen molar-refractivity contribution in [2.45, 2.75) is 97.6 Å². The lowest BCUT2D eigenvalue weighted by Gasteiger charge is -2.16. The first-order valence-corrected chi connectivity index (χ1v) is 12.3. The number of rotatable bonds is 16. The van der Waals surface area contributed by atoms with E-state index in [2.05, 4.69) is 23.8 Å². The van der Waals surface area contributed by atoms with Gasteiger partial charge in [0.05, 0.1) is 6.61 Å². The average Bonchev–Trinajstić information content (AvgIpc) is 2.79. The molecule has 172 valence electrons. The fourth-order valence-electron chi connectivity index (χ4n) is 3.83. The van der Waals surface area contributed by atoms with Crippen molar-refractivity contribution < 1.29 is 9.13 Å². The molecule has 0 fully saturated rings. The predicted molar refractivity (Wildman–Crippen MR) is 128 cm³/mol. The van der Waals surface area contributed by atoms with Gasteiger partial charge in [0.15, 0.2) is 5.82 Å². The molecule has 0 amide bonds. The molecule has 0 spiro atoms. The van der Waals surface area contributed by atoms with Crippen LogP contribution in [-0.2, 0) is 6.42 Å². The molecule has 4 heteroatoms. The van der Waals surface area contributed by atoms with E-state index in [0.717, 1.165) is 36.4 Å². The van der Waals surface area contributed by atoms with Gasteiger partial charge in [-0.25, -0.2) is 14.4 Å². The lowest BCUT2D eigenvalue weighted by Crippen LogP contribution is -2.16. The maximum Gasteiger partial charge on any atom is 0.159 e. The minimum Gasteiger partial charge on any atom is -0.493 e. The molecule has 0 bridgehead atoms. The number of hydrogen-bond acceptors (Lipinski definition) is 3. The van der Waals surface area contributed by atoms with Crippen LogP contribution in [0.2, 0.25) is 0 Å². The van der Waals surface area contributed by atoms with Crippen LogP contribution in [0.4, 0.5) is 4.39 Å². The van der Waals surface area contributed by atoms with Crippen molar-refractivity contribution in [2.24, 2.45) is 5.92 Å². The molecule has 0 aliphatic carbocycles. The van der Waals surface area contributed by atoms with E-state index < -0.39 is 6.17 Å². The van der Waals surface area contributed by atoms with Gasteiger partial charge in [-0.2, -0.15) is 0 Å². The van der Waals surface area contributed by atoms with Crippen molar-refractivity contribution in [3.8, 4) is 17.1 Å². The molecule has 1 aromatic heterocycles. The minimum atomic E-state index is -0.799. The smallest absolute Gasteiger partial charge is 0.159 e. The Morgan fingerprint density at radius 3 is 2.13 bits per heavy atom. The zero-order chi connectivity index (χ0) is 22.3. The zero-order valence-corrected chi connectivity index (χ0v) is 19.8. The van der Waals surface area contributed by atoms with Crippen molar-refractivity contribution in [1.29, 1.82) is 0 Å². The standard InChI is InChI=1S/C27H41FN2O/c1-4-6-7-8-9-10-11-13-23-20-29-27(30-21-23)24-14-16-25(17-15-24)31-19-18-26(28)22(3)12-5-2/h14-17,20-22,26H,4-13,18-19H2,1-3H3. The molecule has 2 unspecified atom stereocenters. The summed E-state index contributed by atoms with van der Waals surface area (Å²) in [5.41, 5.74) is 2.17. The number of aryl methyl sites for hydroxylation is 1. The Balaban J connectivity index is 1.72. The van der Waals surface area contributed by atoms with Gasteiger partial charge in [-0.1, -0.05) is 65.7 Å². The van der Waals surface area contributed by atoms with E-state index >= 15 is 0 Å². The summed E-state index contributed by atoms with van der Waals surface area (Å²) in [4.78, 5) is 9.08. The van der Waals surface area contributed by atoms with Gasteiger partial charge in [0, 0.05) is 24.4 Å². The SMILES string of the molecule is CCCCCCCCCc1cnc(-c2ccc(OCCC(F)C(C)CCC)cc2)nc1. The fourth-order valence-corrected chi connectivity index (χ4v) is 3.83. The average molecular weight is 429 g/mol. The number of hydrogen-bond donors (Lipinski definition) is 0. The third-order valence-corrected chi connectivity index (χ3v) is 5.91. The molecule has 1 heterocycles. The molecule has 31 heavy (non-hydrogen) atoms. The molecule has 0 saturated carbocycles. The maximum absolute atomic E-state index is 14.1. The van der Waals surface area contributed by atoms with E-state index in [1.54, 1.807) is 0 Å². The molecule has 0 aliphatic heterocycles. The summed E-state index contributed by atoms with van der Waals surface area (Å²) in [5, 5.41) is 0. The number of ether oxygens (including phenoxy) is 1. The highest BCUT2D eigenvalue weighted by molar-refractivity contribution is 5.55. The molecular formula is C27H41FN2O. The third kappa shape index (κ3) is 9.80. The van der Waals surface area contributed by atoms with E-state index in [0.29, 0.717) is 13.0 Å². The Labute approximate surface area is 188 Å². The molecule has 0 N–H and O–H groups in total. The van der Waals surface area contributed by atoms with Crippen LogP contribution >= 0.6 is 0 Å². The second-order valence-corrected chi connectivity index (χ2v) is 8.73. The van der Waals surface area contributed by atoms with Crippen molar-refractivity contribution in [1.82, 2.24) is 9.97 Å². The normalized spacial score (nSPS) is 13.2. The second kappa shape index (κ2) is 14.9. The number of aromatic nitrogens is 2. The number of benzene rings is 1. The monoisotopic (exact) mass is 428 g/mol. The summed E-state index contributed by atoms with van der Waals surface area (Å²) in [7, 11) is 0. The van der Waals surface area contributed by atoms with Gasteiger partial charge in [-0.15, -0.1) is 0 Å². The predicted octanol–water partition coefficient (Wildman–Crippen LogP) is 7.98. The number of nitrogens with zero attached hydrogens (tertiary/aromatic N) is 2. The third-order valence-electron chi connectivity index (χ3n) is 5.91. The molecular weight excluding hydrogens is 387 g/mol. The molecule has 2 atom stereocenters. The summed E-state index contributed by atoms with van der Waals surface area (Å²) in [6.45, 7) is 6.72. The summed E-state index contributed by atoms with van der Waals surface area (Å²) in [6.07, 6.45) is 15.7. The second-order valence-electron chi connectivity index (χ2n) is 8.73. The van der Waals surface area contributed by atoms with E-state index in [4.69, 9.17) is 4.74 Å². The lowest BCUT2D eigenvalue weighted by atomic mass is 9.99. The summed E-state index contributed by atoms with van der Waals surface area (Å²) < 4.78 is 19.8. The van der Waals surface area contributed by atoms with E-state index in [1.165, 1.54) is 50.5 Å². The van der Waals surface area contributed by atoms with Crippen LogP contribution < -0.4 is 4.74 Å². The zero-order valence-electron chi connectivity index (χ0n) is 19.8. The van der Waals surface area contributed by atoms with Crippen LogP contribution in [-0.4, -0.2) is 22.7 Å². The Hall–Kier alpha value is -1.97. The summed E-state index contributed by atoms with van der Waals surface area (Å²) in [6, 6.07) is 7.75. The largest absolute Gasteiger partial charge is 0.493 e. The van der Waals surface area contributed by atoms with Crippen molar-refractivity contribution >= 4 is 0 Å². The number of halogens is 1. The van der Waals surface area contributed by atoms with Crippen LogP contribution in [0.25, 0.3) is 11.4 Å². The molecule has 0 saturated heterocycles. The van der Waals surface area contributed by atoms with Gasteiger partial charge >= 0.3 is 0 Å². The highest BCUT2D eigenvalue weighted by Gasteiger charge is 2.15. The topological polar surface area (TPSA) is 35.0 Å². The first kappa shape index (κ1) is 25.3. The Bertz CT molecular complexity index is 702. The van der Waals surface area contributed by atoms with Gasteiger partial charge in [0.2, 0.25) is 0 Å². The number of alkyl halides is 1. The number of unbranched alkanes of at least 4 members (excludes halogenated alkanes) is 6. The van der Waals surface area contributed by atoms with Crippen LogP contribution in [0.1, 0.15) is 90.5 Å². The molecule has 2 aromatic rings. The highest BCUT2D eigenvalue weighted by Crippen LogP contribution is 2.21. The van der Waals surface area contributed by atoms with Gasteiger partial charge in [0.1, 0.15) is 11.9 Å². The highest BCUT2D eigenvalue weighted by atomic mass is 19.1. The fraction of sp³-hybridized carbons (Fsp3) is 0.630. The van der Waals surface area contributed by atoms with Gasteiger partial charge in [0.25, 0.3) is 0 Å². The van der Waals surface area contributed by atoms with Crippen molar-refractivity contribution in [3.63, 3.8) is 0 Å². The van der Waals surface area contributed by atoms with Crippen LogP contribution in [0.15, 0.2) is 36.7 Å². The summed E-state index contributed by atoms with van der Waals surface area (Å²) >= 11 is 0. The molecule has 1 aromatic carbocycles. The van der Waals surface area contributed by atoms with Crippen LogP contribution in [0.3, 0.4) is 0 Å². The van der Waals surface area contributed by atoms with Crippen LogP contribution in [0.5, 0.6) is 5.75 Å². The Morgan fingerprint density at radius 2 is 1.48 bits per heavy atom. The van der Waals surface area contributed by atoms with Crippen molar-refractivity contribution in [3.05, 3.63) is 42.2 Å². The first-order chi connectivity index (χ1) is 15.1. The first-order valence-electron chi connectivity index (χ1n) is 12.3. The van der Waals surface area contributed by atoms with Crippen LogP contribution in [0, 0.1) is 5.92 Å². The quantitative estimate of drug-likeness (QED) is 0.254. The Kier molecular flexibility index (Phi) is 12.2. The van der Waals surface area contributed by atoms with E-state index in [-0.39, 0.29) is 5.92 Å². The van der Waals surface area contributed by atoms with Gasteiger partial charge < -0.3 is 4.74 Å². The Morgan fingerprint density at radius 1 is 0.839 bits per heavy atom. The van der Waals surface area contributed by atoms with Gasteiger partial charge in [-0.05, 0) is 55.0 Å². The molecule has 0 aliphatic rings. The van der Waals surface area contributed by atoms with E-state index in [1.807, 2.05) is 43.6 Å². The maximum atomic E-state index is 14.1. The minimum absolute atomic E-state index is 0.0990. The molecule has 2 rings (SSSR count). The molecule has 3 nitrogen and oxygen atoms in total. The lowest BCUT2D eigenvalue weighted by molar-refractivity contribution is 0.178. The summed E-state index contributed by atoms with van der Waals surface area (Å²) in [5.74, 6) is 1.59. The van der Waals surface area contributed by atoms with Gasteiger partial charge in [-0.3, -0.25) is 0 Å². The van der Waals surface area contributed by atoms with Crippen molar-refractivity contribution in [2.75, 3.05) is 6.61 Å². The molecule has 0 radical (unpaired) electrons.